The molecule has 0 amide bonds. The van der Waals surface area contributed by atoms with Crippen LogP contribution in [0.1, 0.15) is 24.8 Å². The van der Waals surface area contributed by atoms with E-state index in [4.69, 9.17) is 4.52 Å². The molecule has 2 heterocycles. The Hall–Kier alpha value is -2.58. The Morgan fingerprint density at radius 3 is 2.54 bits per heavy atom. The van der Waals surface area contributed by atoms with E-state index < -0.39 is 16.1 Å². The number of rotatable bonds is 4. The van der Waals surface area contributed by atoms with Crippen LogP contribution in [0.4, 0.5) is 4.39 Å². The van der Waals surface area contributed by atoms with E-state index in [1.807, 2.05) is 0 Å². The van der Waals surface area contributed by atoms with Crippen molar-refractivity contribution in [2.75, 3.05) is 6.54 Å². The first kappa shape index (κ1) is 16.9. The molecule has 1 aliphatic heterocycles. The van der Waals surface area contributed by atoms with Gasteiger partial charge >= 0.3 is 0 Å². The Morgan fingerprint density at radius 1 is 1.08 bits per heavy atom. The van der Waals surface area contributed by atoms with Gasteiger partial charge in [-0.3, -0.25) is 0 Å². The topological polar surface area (TPSA) is 76.3 Å². The minimum absolute atomic E-state index is 0.241. The van der Waals surface area contributed by atoms with Gasteiger partial charge in [-0.05, 0) is 49.2 Å². The third-order valence-corrected chi connectivity index (χ3v) is 6.31. The standard InChI is InChI=1S/C18H16FN3O3S/c19-14-10-8-13(9-11-14)17-20-18(25-21-17)16-7-4-12-22(16)26(23,24)15-5-2-1-3-6-15/h1-3,5-6,8-11,16H,4,7,12H2. The first-order chi connectivity index (χ1) is 12.6. The Bertz CT molecular complexity index is 1000. The van der Waals surface area contributed by atoms with E-state index in [0.717, 1.165) is 0 Å². The zero-order valence-corrected chi connectivity index (χ0v) is 14.6. The molecule has 26 heavy (non-hydrogen) atoms. The summed E-state index contributed by atoms with van der Waals surface area (Å²) in [5, 5.41) is 3.92. The lowest BCUT2D eigenvalue weighted by molar-refractivity contribution is 0.290. The summed E-state index contributed by atoms with van der Waals surface area (Å²) >= 11 is 0. The molecule has 0 radical (unpaired) electrons. The van der Waals surface area contributed by atoms with Crippen molar-refractivity contribution in [2.24, 2.45) is 0 Å². The molecule has 1 atom stereocenters. The van der Waals surface area contributed by atoms with Crippen LogP contribution in [0.2, 0.25) is 0 Å². The van der Waals surface area contributed by atoms with Crippen LogP contribution in [-0.2, 0) is 10.0 Å². The fourth-order valence-corrected chi connectivity index (χ4v) is 4.76. The zero-order valence-electron chi connectivity index (χ0n) is 13.7. The summed E-state index contributed by atoms with van der Waals surface area (Å²) in [6, 6.07) is 13.5. The third kappa shape index (κ3) is 3.02. The number of aromatic nitrogens is 2. The lowest BCUT2D eigenvalue weighted by atomic mass is 10.2. The van der Waals surface area contributed by atoms with Crippen LogP contribution in [-0.4, -0.2) is 29.4 Å². The highest BCUT2D eigenvalue weighted by Crippen LogP contribution is 2.36. The highest BCUT2D eigenvalue weighted by atomic mass is 32.2. The summed E-state index contributed by atoms with van der Waals surface area (Å²) in [6.07, 6.45) is 1.32. The molecule has 3 aromatic rings. The summed E-state index contributed by atoms with van der Waals surface area (Å²) in [5.41, 5.74) is 0.608. The Morgan fingerprint density at radius 2 is 1.81 bits per heavy atom. The number of benzene rings is 2. The highest BCUT2D eigenvalue weighted by Gasteiger charge is 2.39. The van der Waals surface area contributed by atoms with Crippen molar-refractivity contribution in [2.45, 2.75) is 23.8 Å². The Balaban J connectivity index is 1.64. The Kier molecular flexibility index (Phi) is 4.29. The molecule has 0 N–H and O–H groups in total. The van der Waals surface area contributed by atoms with E-state index in [0.29, 0.717) is 30.8 Å². The van der Waals surface area contributed by atoms with Gasteiger partial charge in [0.2, 0.25) is 21.7 Å². The van der Waals surface area contributed by atoms with Crippen LogP contribution in [0.3, 0.4) is 0 Å². The molecule has 1 aliphatic rings. The van der Waals surface area contributed by atoms with Crippen LogP contribution >= 0.6 is 0 Å². The summed E-state index contributed by atoms with van der Waals surface area (Å²) in [6.45, 7) is 0.399. The van der Waals surface area contributed by atoms with Crippen LogP contribution in [0.25, 0.3) is 11.4 Å². The van der Waals surface area contributed by atoms with Gasteiger partial charge in [0.1, 0.15) is 11.9 Å². The average molecular weight is 373 g/mol. The van der Waals surface area contributed by atoms with E-state index in [1.165, 1.54) is 16.4 Å². The molecular formula is C18H16FN3O3S. The molecule has 134 valence electrons. The van der Waals surface area contributed by atoms with Crippen molar-refractivity contribution in [3.05, 3.63) is 66.3 Å². The number of sulfonamides is 1. The monoisotopic (exact) mass is 373 g/mol. The van der Waals surface area contributed by atoms with Gasteiger partial charge in [-0.25, -0.2) is 12.8 Å². The smallest absolute Gasteiger partial charge is 0.245 e. The van der Waals surface area contributed by atoms with Gasteiger partial charge in [0, 0.05) is 12.1 Å². The molecule has 1 fully saturated rings. The molecule has 1 unspecified atom stereocenters. The van der Waals surface area contributed by atoms with Crippen molar-refractivity contribution in [3.63, 3.8) is 0 Å². The molecule has 6 nitrogen and oxygen atoms in total. The van der Waals surface area contributed by atoms with Crippen LogP contribution in [0.15, 0.2) is 64.0 Å². The highest BCUT2D eigenvalue weighted by molar-refractivity contribution is 7.89. The molecular weight excluding hydrogens is 357 g/mol. The lowest BCUT2D eigenvalue weighted by Gasteiger charge is -2.21. The Labute approximate surface area is 150 Å². The van der Waals surface area contributed by atoms with Gasteiger partial charge in [0.25, 0.3) is 0 Å². The third-order valence-electron chi connectivity index (χ3n) is 4.38. The molecule has 0 saturated carbocycles. The van der Waals surface area contributed by atoms with E-state index >= 15 is 0 Å². The van der Waals surface area contributed by atoms with E-state index in [2.05, 4.69) is 10.1 Å². The summed E-state index contributed by atoms with van der Waals surface area (Å²) in [4.78, 5) is 4.58. The largest absolute Gasteiger partial charge is 0.337 e. The normalized spacial score (nSPS) is 18.3. The summed E-state index contributed by atoms with van der Waals surface area (Å²) in [5.74, 6) is 0.207. The number of hydrogen-bond donors (Lipinski definition) is 0. The molecule has 1 aromatic heterocycles. The number of nitrogens with zero attached hydrogens (tertiary/aromatic N) is 3. The number of hydrogen-bond acceptors (Lipinski definition) is 5. The molecule has 4 rings (SSSR count). The maximum Gasteiger partial charge on any atom is 0.245 e. The van der Waals surface area contributed by atoms with Crippen LogP contribution in [0.5, 0.6) is 0 Å². The fraction of sp³-hybridized carbons (Fsp3) is 0.222. The summed E-state index contributed by atoms with van der Waals surface area (Å²) < 4.78 is 45.7. The maximum atomic E-state index is 13.1. The predicted octanol–water partition coefficient (Wildman–Crippen LogP) is 3.40. The van der Waals surface area contributed by atoms with Crippen LogP contribution < -0.4 is 0 Å². The van der Waals surface area contributed by atoms with Gasteiger partial charge in [0.15, 0.2) is 0 Å². The quantitative estimate of drug-likeness (QED) is 0.701. The first-order valence-corrected chi connectivity index (χ1v) is 9.66. The molecule has 0 aliphatic carbocycles. The van der Waals surface area contributed by atoms with Crippen molar-refractivity contribution in [3.8, 4) is 11.4 Å². The molecule has 8 heteroatoms. The number of halogens is 1. The fourth-order valence-electron chi connectivity index (χ4n) is 3.09. The van der Waals surface area contributed by atoms with Crippen molar-refractivity contribution >= 4 is 10.0 Å². The van der Waals surface area contributed by atoms with Gasteiger partial charge < -0.3 is 4.52 Å². The second-order valence-corrected chi connectivity index (χ2v) is 7.94. The first-order valence-electron chi connectivity index (χ1n) is 8.22. The molecule has 0 bridgehead atoms. The van der Waals surface area contributed by atoms with Crippen molar-refractivity contribution in [1.82, 2.24) is 14.4 Å². The second-order valence-electron chi connectivity index (χ2n) is 6.05. The van der Waals surface area contributed by atoms with Gasteiger partial charge in [-0.1, -0.05) is 23.4 Å². The van der Waals surface area contributed by atoms with Crippen LogP contribution in [0, 0.1) is 5.82 Å². The zero-order chi connectivity index (χ0) is 18.1. The van der Waals surface area contributed by atoms with Crippen molar-refractivity contribution < 1.29 is 17.3 Å². The van der Waals surface area contributed by atoms with Gasteiger partial charge in [-0.2, -0.15) is 9.29 Å². The second kappa shape index (κ2) is 6.62. The van der Waals surface area contributed by atoms with E-state index in [9.17, 15) is 12.8 Å². The molecule has 0 spiro atoms. The SMILES string of the molecule is O=S(=O)(c1ccccc1)N1CCCC1c1nc(-c2ccc(F)cc2)no1. The minimum atomic E-state index is -3.64. The predicted molar refractivity (Wildman–Crippen MR) is 92.0 cm³/mol. The van der Waals surface area contributed by atoms with E-state index in [1.54, 1.807) is 42.5 Å². The van der Waals surface area contributed by atoms with E-state index in [-0.39, 0.29) is 16.6 Å². The summed E-state index contributed by atoms with van der Waals surface area (Å²) in [7, 11) is -3.64. The van der Waals surface area contributed by atoms with Gasteiger partial charge in [0.05, 0.1) is 4.90 Å². The lowest BCUT2D eigenvalue weighted by Crippen LogP contribution is -2.30. The minimum Gasteiger partial charge on any atom is -0.337 e. The average Bonchev–Trinajstić information content (AvgIpc) is 3.32. The maximum absolute atomic E-state index is 13.1. The van der Waals surface area contributed by atoms with Crippen molar-refractivity contribution in [1.29, 1.82) is 0 Å². The van der Waals surface area contributed by atoms with Gasteiger partial charge in [-0.15, -0.1) is 0 Å². The molecule has 2 aromatic carbocycles. The molecule has 1 saturated heterocycles.